The van der Waals surface area contributed by atoms with Crippen LogP contribution in [0.4, 0.5) is 4.39 Å². The van der Waals surface area contributed by atoms with Crippen LogP contribution in [-0.4, -0.2) is 54.4 Å². The van der Waals surface area contributed by atoms with Crippen LogP contribution < -0.4 is 10.1 Å². The van der Waals surface area contributed by atoms with Crippen LogP contribution in [0.25, 0.3) is 0 Å². The van der Waals surface area contributed by atoms with Gasteiger partial charge in [0.15, 0.2) is 5.69 Å². The molecule has 2 heterocycles. The van der Waals surface area contributed by atoms with Crippen LogP contribution in [0.5, 0.6) is 5.88 Å². The van der Waals surface area contributed by atoms with Gasteiger partial charge in [0, 0.05) is 13.1 Å². The van der Waals surface area contributed by atoms with E-state index in [0.717, 1.165) is 0 Å². The van der Waals surface area contributed by atoms with Gasteiger partial charge in [0.2, 0.25) is 11.7 Å². The molecule has 1 aliphatic heterocycles. The average Bonchev–Trinajstić information content (AvgIpc) is 2.81. The number of amides is 1. The first-order valence-corrected chi connectivity index (χ1v) is 5.41. The summed E-state index contributed by atoms with van der Waals surface area (Å²) in [6.45, 7) is 2.03. The highest BCUT2D eigenvalue weighted by molar-refractivity contribution is 5.92. The number of rotatable bonds is 4. The van der Waals surface area contributed by atoms with Gasteiger partial charge in [0.25, 0.3) is 5.91 Å². The molecule has 7 heteroatoms. The number of nitrogens with zero attached hydrogens (tertiary/aromatic N) is 3. The minimum atomic E-state index is -0.676. The topological polar surface area (TPSA) is 59.4 Å². The van der Waals surface area contributed by atoms with Crippen LogP contribution >= 0.6 is 0 Å². The molecule has 2 rings (SSSR count). The third-order valence-electron chi connectivity index (χ3n) is 2.45. The lowest BCUT2D eigenvalue weighted by atomic mass is 10.4. The molecule has 1 aromatic rings. The van der Waals surface area contributed by atoms with E-state index in [9.17, 15) is 9.18 Å². The van der Waals surface area contributed by atoms with E-state index in [1.807, 2.05) is 19.0 Å². The summed E-state index contributed by atoms with van der Waals surface area (Å²) in [5.74, 6) is -1.12. The number of halogens is 1. The van der Waals surface area contributed by atoms with Crippen LogP contribution in [0, 0.1) is 5.82 Å². The summed E-state index contributed by atoms with van der Waals surface area (Å²) in [4.78, 5) is 13.6. The standard InChI is InChI=1S/C10H15FN4O2/c1-14(2)4-3-12-9(16)8-7(11)10-15(13-8)5-6-17-10/h3-6H2,1-2H3,(H,12,16). The van der Waals surface area contributed by atoms with Crippen molar-refractivity contribution in [3.63, 3.8) is 0 Å². The van der Waals surface area contributed by atoms with Crippen molar-refractivity contribution < 1.29 is 13.9 Å². The number of fused-ring (bicyclic) bond motifs is 1. The molecule has 0 saturated heterocycles. The second-order valence-corrected chi connectivity index (χ2v) is 4.10. The molecule has 94 valence electrons. The maximum atomic E-state index is 13.7. The molecule has 1 N–H and O–H groups in total. The van der Waals surface area contributed by atoms with E-state index in [0.29, 0.717) is 26.2 Å². The summed E-state index contributed by atoms with van der Waals surface area (Å²) in [5.41, 5.74) is -0.196. The summed E-state index contributed by atoms with van der Waals surface area (Å²) in [5, 5.41) is 6.49. The fourth-order valence-electron chi connectivity index (χ4n) is 1.56. The summed E-state index contributed by atoms with van der Waals surface area (Å²) >= 11 is 0. The van der Waals surface area contributed by atoms with Gasteiger partial charge in [0.05, 0.1) is 6.54 Å². The zero-order chi connectivity index (χ0) is 12.4. The van der Waals surface area contributed by atoms with E-state index < -0.39 is 11.7 Å². The zero-order valence-corrected chi connectivity index (χ0v) is 9.86. The van der Waals surface area contributed by atoms with Gasteiger partial charge in [-0.3, -0.25) is 4.79 Å². The molecule has 1 amide bonds. The highest BCUT2D eigenvalue weighted by Gasteiger charge is 2.27. The van der Waals surface area contributed by atoms with E-state index in [2.05, 4.69) is 10.4 Å². The van der Waals surface area contributed by atoms with Gasteiger partial charge in [0.1, 0.15) is 6.61 Å². The van der Waals surface area contributed by atoms with Crippen LogP contribution in [0.15, 0.2) is 0 Å². The number of ether oxygens (including phenoxy) is 1. The van der Waals surface area contributed by atoms with E-state index in [1.54, 1.807) is 0 Å². The number of hydrogen-bond acceptors (Lipinski definition) is 4. The second-order valence-electron chi connectivity index (χ2n) is 4.10. The predicted molar refractivity (Wildman–Crippen MR) is 58.6 cm³/mol. The van der Waals surface area contributed by atoms with Crippen molar-refractivity contribution in [3.8, 4) is 5.88 Å². The fourth-order valence-corrected chi connectivity index (χ4v) is 1.56. The van der Waals surface area contributed by atoms with Gasteiger partial charge in [-0.25, -0.2) is 4.68 Å². The van der Waals surface area contributed by atoms with Gasteiger partial charge in [-0.15, -0.1) is 0 Å². The van der Waals surface area contributed by atoms with Crippen LogP contribution in [-0.2, 0) is 6.54 Å². The first-order valence-electron chi connectivity index (χ1n) is 5.41. The molecule has 0 atom stereocenters. The lowest BCUT2D eigenvalue weighted by molar-refractivity contribution is 0.0940. The summed E-state index contributed by atoms with van der Waals surface area (Å²) < 4.78 is 20.1. The van der Waals surface area contributed by atoms with Crippen molar-refractivity contribution in [3.05, 3.63) is 11.5 Å². The van der Waals surface area contributed by atoms with Crippen molar-refractivity contribution in [2.45, 2.75) is 6.54 Å². The summed E-state index contributed by atoms with van der Waals surface area (Å²) in [6, 6.07) is 0. The maximum Gasteiger partial charge on any atom is 0.275 e. The number of nitrogens with one attached hydrogen (secondary N) is 1. The molecule has 6 nitrogen and oxygen atoms in total. The molecule has 17 heavy (non-hydrogen) atoms. The van der Waals surface area contributed by atoms with E-state index in [1.165, 1.54) is 4.68 Å². The Balaban J connectivity index is 2.00. The first kappa shape index (κ1) is 11.8. The third-order valence-corrected chi connectivity index (χ3v) is 2.45. The van der Waals surface area contributed by atoms with Gasteiger partial charge in [-0.2, -0.15) is 9.49 Å². The van der Waals surface area contributed by atoms with Crippen LogP contribution in [0.3, 0.4) is 0 Å². The molecule has 1 aliphatic rings. The molecule has 0 aromatic carbocycles. The third kappa shape index (κ3) is 2.38. The van der Waals surface area contributed by atoms with Gasteiger partial charge in [-0.05, 0) is 14.1 Å². The minimum Gasteiger partial charge on any atom is -0.474 e. The Labute approximate surface area is 98.3 Å². The molecule has 0 unspecified atom stereocenters. The van der Waals surface area contributed by atoms with Gasteiger partial charge in [-0.1, -0.05) is 0 Å². The predicted octanol–water partition coefficient (Wildman–Crippen LogP) is -0.294. The van der Waals surface area contributed by atoms with E-state index in [-0.39, 0.29) is 11.6 Å². The van der Waals surface area contributed by atoms with Crippen molar-refractivity contribution >= 4 is 5.91 Å². The van der Waals surface area contributed by atoms with Crippen LogP contribution in [0.1, 0.15) is 10.5 Å². The molecule has 0 bridgehead atoms. The van der Waals surface area contributed by atoms with E-state index >= 15 is 0 Å². The lowest BCUT2D eigenvalue weighted by Gasteiger charge is -2.09. The number of aromatic nitrogens is 2. The number of hydrogen-bond donors (Lipinski definition) is 1. The van der Waals surface area contributed by atoms with Crippen molar-refractivity contribution in [2.75, 3.05) is 33.8 Å². The van der Waals surface area contributed by atoms with E-state index in [4.69, 9.17) is 4.74 Å². The van der Waals surface area contributed by atoms with Gasteiger partial charge >= 0.3 is 0 Å². The quantitative estimate of drug-likeness (QED) is 0.788. The van der Waals surface area contributed by atoms with Crippen molar-refractivity contribution in [1.82, 2.24) is 20.0 Å². The Bertz CT molecular complexity index is 430. The molecule has 0 radical (unpaired) electrons. The fraction of sp³-hybridized carbons (Fsp3) is 0.600. The highest BCUT2D eigenvalue weighted by atomic mass is 19.1. The zero-order valence-electron chi connectivity index (χ0n) is 9.86. The summed E-state index contributed by atoms with van der Waals surface area (Å²) in [6.07, 6.45) is 0. The Kier molecular flexibility index (Phi) is 3.28. The van der Waals surface area contributed by atoms with Gasteiger partial charge < -0.3 is 15.0 Å². The smallest absolute Gasteiger partial charge is 0.275 e. The Morgan fingerprint density at radius 2 is 2.41 bits per heavy atom. The van der Waals surface area contributed by atoms with Crippen LogP contribution in [0.2, 0.25) is 0 Å². The Morgan fingerprint density at radius 1 is 1.65 bits per heavy atom. The first-order chi connectivity index (χ1) is 8.09. The molecule has 0 spiro atoms. The number of carbonyl (C=O) groups excluding carboxylic acids is 1. The molecular formula is C10H15FN4O2. The molecule has 1 aromatic heterocycles. The average molecular weight is 242 g/mol. The lowest BCUT2D eigenvalue weighted by Crippen LogP contribution is -2.32. The molecule has 0 saturated carbocycles. The number of likely N-dealkylation sites (N-methyl/N-ethyl adjacent to an activating group) is 1. The maximum absolute atomic E-state index is 13.7. The second kappa shape index (κ2) is 4.70. The monoisotopic (exact) mass is 242 g/mol. The van der Waals surface area contributed by atoms with Crippen molar-refractivity contribution in [2.24, 2.45) is 0 Å². The normalized spacial score (nSPS) is 13.6. The largest absolute Gasteiger partial charge is 0.474 e. The number of carbonyl (C=O) groups is 1. The Morgan fingerprint density at radius 3 is 3.06 bits per heavy atom. The SMILES string of the molecule is CN(C)CCNC(=O)c1nn2c(c1F)OCC2. The molecule has 0 fully saturated rings. The van der Waals surface area contributed by atoms with Crippen molar-refractivity contribution in [1.29, 1.82) is 0 Å². The minimum absolute atomic E-state index is 0.0581. The Hall–Kier alpha value is -1.63. The highest BCUT2D eigenvalue weighted by Crippen LogP contribution is 2.24. The summed E-state index contributed by atoms with van der Waals surface area (Å²) in [7, 11) is 3.79. The molecular weight excluding hydrogens is 227 g/mol. The molecule has 0 aliphatic carbocycles.